The topological polar surface area (TPSA) is 0 Å². The predicted octanol–water partition coefficient (Wildman–Crippen LogP) is 3.41. The third-order valence-electron chi connectivity index (χ3n) is 1.36. The van der Waals surface area contributed by atoms with E-state index in [2.05, 4.69) is 35.7 Å². The fourth-order valence-electron chi connectivity index (χ4n) is 0.875. The summed E-state index contributed by atoms with van der Waals surface area (Å²) < 4.78 is 0. The van der Waals surface area contributed by atoms with Crippen molar-refractivity contribution in [3.8, 4) is 0 Å². The van der Waals surface area contributed by atoms with E-state index < -0.39 is 0 Å². The molecule has 1 heterocycles. The normalized spacial score (nSPS) is 14.8. The third-order valence-corrected chi connectivity index (χ3v) is 3.42. The first-order chi connectivity index (χ1) is 4.97. The highest BCUT2D eigenvalue weighted by atomic mass is 33.1. The van der Waals surface area contributed by atoms with Gasteiger partial charge < -0.3 is 0 Å². The smallest absolute Gasteiger partial charge is 0.0258 e. The van der Waals surface area contributed by atoms with Gasteiger partial charge in [0.2, 0.25) is 0 Å². The van der Waals surface area contributed by atoms with Crippen molar-refractivity contribution in [1.29, 1.82) is 0 Å². The zero-order valence-corrected chi connectivity index (χ0v) is 6.91. The van der Waals surface area contributed by atoms with E-state index >= 15 is 0 Å². The van der Waals surface area contributed by atoms with Crippen molar-refractivity contribution < 1.29 is 0 Å². The monoisotopic (exact) mass is 166 g/mol. The number of rotatable bonds is 0. The van der Waals surface area contributed by atoms with Crippen LogP contribution in [0.2, 0.25) is 0 Å². The molecule has 1 aromatic rings. The van der Waals surface area contributed by atoms with Crippen LogP contribution in [0.5, 0.6) is 0 Å². The van der Waals surface area contributed by atoms with Gasteiger partial charge in [0.25, 0.3) is 0 Å². The molecule has 0 nitrogen and oxygen atoms in total. The standard InChI is InChI=1S/C8H6S2/c1-2-4-8-7(3-1)5-6-9-10-8/h1-6H. The van der Waals surface area contributed by atoms with Gasteiger partial charge in [0.1, 0.15) is 0 Å². The van der Waals surface area contributed by atoms with Crippen molar-refractivity contribution in [3.05, 3.63) is 35.2 Å². The molecule has 1 aliphatic rings. The lowest BCUT2D eigenvalue weighted by Gasteiger charge is -2.06. The van der Waals surface area contributed by atoms with Crippen LogP contribution < -0.4 is 0 Å². The molecule has 0 radical (unpaired) electrons. The van der Waals surface area contributed by atoms with Crippen LogP contribution >= 0.6 is 21.6 Å². The van der Waals surface area contributed by atoms with Crippen LogP contribution in [0.25, 0.3) is 6.08 Å². The second kappa shape index (κ2) is 2.72. The van der Waals surface area contributed by atoms with E-state index in [1.54, 1.807) is 10.8 Å². The first-order valence-corrected chi connectivity index (χ1v) is 5.27. The Labute approximate surface area is 68.1 Å². The molecule has 2 heteroatoms. The Balaban J connectivity index is 2.54. The molecule has 0 atom stereocenters. The zero-order valence-electron chi connectivity index (χ0n) is 5.28. The van der Waals surface area contributed by atoms with Gasteiger partial charge >= 0.3 is 0 Å². The van der Waals surface area contributed by atoms with E-state index in [1.807, 2.05) is 10.8 Å². The summed E-state index contributed by atoms with van der Waals surface area (Å²) in [6.45, 7) is 0. The molecule has 10 heavy (non-hydrogen) atoms. The number of hydrogen-bond donors (Lipinski definition) is 0. The molecule has 2 rings (SSSR count). The molecular formula is C8H6S2. The van der Waals surface area contributed by atoms with Crippen molar-refractivity contribution >= 4 is 27.7 Å². The Morgan fingerprint density at radius 2 is 2.00 bits per heavy atom. The van der Waals surface area contributed by atoms with Crippen LogP contribution in [0.3, 0.4) is 0 Å². The maximum atomic E-state index is 2.15. The minimum absolute atomic E-state index is 1.34. The largest absolute Gasteiger partial charge is 0.0616 e. The van der Waals surface area contributed by atoms with E-state index in [4.69, 9.17) is 0 Å². The summed E-state index contributed by atoms with van der Waals surface area (Å²) >= 11 is 0. The van der Waals surface area contributed by atoms with E-state index in [0.29, 0.717) is 0 Å². The maximum Gasteiger partial charge on any atom is 0.0258 e. The van der Waals surface area contributed by atoms with Gasteiger partial charge in [-0.15, -0.1) is 0 Å². The number of fused-ring (bicyclic) bond motifs is 1. The van der Waals surface area contributed by atoms with Crippen LogP contribution in [0.1, 0.15) is 5.56 Å². The van der Waals surface area contributed by atoms with Gasteiger partial charge in [0.05, 0.1) is 0 Å². The summed E-state index contributed by atoms with van der Waals surface area (Å²) in [5, 5.41) is 2.12. The van der Waals surface area contributed by atoms with E-state index in [1.165, 1.54) is 10.5 Å². The molecule has 0 amide bonds. The molecule has 1 aliphatic heterocycles. The minimum Gasteiger partial charge on any atom is -0.0616 e. The Morgan fingerprint density at radius 1 is 1.10 bits per heavy atom. The van der Waals surface area contributed by atoms with Crippen LogP contribution in [0, 0.1) is 0 Å². The Morgan fingerprint density at radius 3 is 2.90 bits per heavy atom. The van der Waals surface area contributed by atoms with Crippen molar-refractivity contribution in [1.82, 2.24) is 0 Å². The highest BCUT2D eigenvalue weighted by molar-refractivity contribution is 8.78. The van der Waals surface area contributed by atoms with Gasteiger partial charge in [-0.2, -0.15) is 0 Å². The van der Waals surface area contributed by atoms with E-state index in [-0.39, 0.29) is 0 Å². The summed E-state index contributed by atoms with van der Waals surface area (Å²) in [4.78, 5) is 1.37. The molecule has 50 valence electrons. The first-order valence-electron chi connectivity index (χ1n) is 3.06. The van der Waals surface area contributed by atoms with Gasteiger partial charge in [0.15, 0.2) is 0 Å². The molecule has 0 saturated heterocycles. The third kappa shape index (κ3) is 1.09. The summed E-state index contributed by atoms with van der Waals surface area (Å²) in [6.07, 6.45) is 2.15. The lowest BCUT2D eigenvalue weighted by molar-refractivity contribution is 1.43. The van der Waals surface area contributed by atoms with Crippen molar-refractivity contribution in [2.24, 2.45) is 0 Å². The quantitative estimate of drug-likeness (QED) is 0.542. The average molecular weight is 166 g/mol. The van der Waals surface area contributed by atoms with Crippen LogP contribution in [0.4, 0.5) is 0 Å². The molecule has 0 spiro atoms. The van der Waals surface area contributed by atoms with Crippen molar-refractivity contribution in [2.45, 2.75) is 4.90 Å². The lowest BCUT2D eigenvalue weighted by atomic mass is 10.2. The molecule has 0 N–H and O–H groups in total. The predicted molar refractivity (Wildman–Crippen MR) is 48.9 cm³/mol. The number of hydrogen-bond acceptors (Lipinski definition) is 2. The molecule has 0 saturated carbocycles. The first kappa shape index (κ1) is 6.38. The summed E-state index contributed by atoms with van der Waals surface area (Å²) in [5.74, 6) is 0. The van der Waals surface area contributed by atoms with Crippen LogP contribution in [0.15, 0.2) is 34.6 Å². The summed E-state index contributed by atoms with van der Waals surface area (Å²) in [7, 11) is 3.59. The highest BCUT2D eigenvalue weighted by Crippen LogP contribution is 2.39. The Kier molecular flexibility index (Phi) is 1.74. The second-order valence-corrected chi connectivity index (χ2v) is 4.17. The molecule has 0 fully saturated rings. The fourth-order valence-corrected chi connectivity index (χ4v) is 2.70. The zero-order chi connectivity index (χ0) is 6.81. The van der Waals surface area contributed by atoms with Gasteiger partial charge in [-0.1, -0.05) is 39.8 Å². The average Bonchev–Trinajstić information content (AvgIpc) is 2.05. The maximum absolute atomic E-state index is 2.15. The van der Waals surface area contributed by atoms with Crippen LogP contribution in [-0.2, 0) is 0 Å². The van der Waals surface area contributed by atoms with Crippen molar-refractivity contribution in [3.63, 3.8) is 0 Å². The molecule has 1 aromatic carbocycles. The van der Waals surface area contributed by atoms with Gasteiger partial charge in [-0.25, -0.2) is 0 Å². The second-order valence-electron chi connectivity index (χ2n) is 2.02. The van der Waals surface area contributed by atoms with E-state index in [0.717, 1.165) is 0 Å². The molecular weight excluding hydrogens is 160 g/mol. The summed E-state index contributed by atoms with van der Waals surface area (Å²) in [5.41, 5.74) is 1.34. The van der Waals surface area contributed by atoms with Gasteiger partial charge in [0, 0.05) is 4.90 Å². The molecule has 0 unspecified atom stereocenters. The minimum atomic E-state index is 1.34. The SMILES string of the molecule is C1=Cc2ccccc2SS1. The molecule has 0 aromatic heterocycles. The molecule has 0 bridgehead atoms. The van der Waals surface area contributed by atoms with Gasteiger partial charge in [-0.05, 0) is 23.1 Å². The summed E-state index contributed by atoms with van der Waals surface area (Å²) in [6, 6.07) is 8.43. The van der Waals surface area contributed by atoms with E-state index in [9.17, 15) is 0 Å². The molecule has 0 aliphatic carbocycles. The van der Waals surface area contributed by atoms with Crippen LogP contribution in [-0.4, -0.2) is 0 Å². The number of benzene rings is 1. The van der Waals surface area contributed by atoms with Gasteiger partial charge in [-0.3, -0.25) is 0 Å². The van der Waals surface area contributed by atoms with Crippen molar-refractivity contribution in [2.75, 3.05) is 0 Å². The lowest BCUT2D eigenvalue weighted by Crippen LogP contribution is -1.77. The Hall–Kier alpha value is -0.340. The Bertz CT molecular complexity index is 266. The highest BCUT2D eigenvalue weighted by Gasteiger charge is 2.01. The fraction of sp³-hybridized carbons (Fsp3) is 0.